The van der Waals surface area contributed by atoms with Crippen LogP contribution in [0.2, 0.25) is 0 Å². The van der Waals surface area contributed by atoms with E-state index in [2.05, 4.69) is 37.0 Å². The molecular formula is C22H22N2O2. The van der Waals surface area contributed by atoms with Crippen molar-refractivity contribution in [2.24, 2.45) is 0 Å². The lowest BCUT2D eigenvalue weighted by molar-refractivity contribution is 0.0982. The van der Waals surface area contributed by atoms with Crippen molar-refractivity contribution >= 4 is 22.5 Å². The summed E-state index contributed by atoms with van der Waals surface area (Å²) in [5.74, 6) is 0.166. The number of phenolic OH excluding ortho intramolecular Hbond substituents is 1. The first-order valence-electron chi connectivity index (χ1n) is 9.07. The maximum atomic E-state index is 13.3. The third kappa shape index (κ3) is 2.71. The molecule has 2 heterocycles. The second kappa shape index (κ2) is 6.45. The molecule has 0 saturated carbocycles. The predicted molar refractivity (Wildman–Crippen MR) is 104 cm³/mol. The van der Waals surface area contributed by atoms with Crippen molar-refractivity contribution in [1.29, 1.82) is 0 Å². The average Bonchev–Trinajstić information content (AvgIpc) is 2.65. The van der Waals surface area contributed by atoms with Crippen LogP contribution in [0.15, 0.2) is 48.7 Å². The number of rotatable bonds is 2. The fraction of sp³-hybridized carbons (Fsp3) is 0.273. The highest BCUT2D eigenvalue weighted by atomic mass is 16.3. The third-order valence-electron chi connectivity index (χ3n) is 5.07. The number of nitrogens with zero attached hydrogens (tertiary/aromatic N) is 2. The molecule has 0 radical (unpaired) electrons. The van der Waals surface area contributed by atoms with Gasteiger partial charge >= 0.3 is 0 Å². The smallest absolute Gasteiger partial charge is 0.262 e. The number of aryl methyl sites for hydroxylation is 1. The summed E-state index contributed by atoms with van der Waals surface area (Å²) in [6.07, 6.45) is 3.60. The molecule has 3 aromatic rings. The van der Waals surface area contributed by atoms with Crippen LogP contribution in [0, 0.1) is 0 Å². The topological polar surface area (TPSA) is 53.4 Å². The summed E-state index contributed by atoms with van der Waals surface area (Å²) in [4.78, 5) is 19.5. The maximum absolute atomic E-state index is 13.3. The second-order valence-corrected chi connectivity index (χ2v) is 7.14. The van der Waals surface area contributed by atoms with Crippen molar-refractivity contribution in [3.05, 3.63) is 65.4 Å². The molecule has 1 amide bonds. The zero-order valence-electron chi connectivity index (χ0n) is 15.1. The number of fused-ring (bicyclic) bond motifs is 2. The Morgan fingerprint density at radius 1 is 1.19 bits per heavy atom. The van der Waals surface area contributed by atoms with Gasteiger partial charge in [-0.25, -0.2) is 0 Å². The van der Waals surface area contributed by atoms with Gasteiger partial charge in [-0.1, -0.05) is 38.1 Å². The maximum Gasteiger partial charge on any atom is 0.262 e. The zero-order valence-corrected chi connectivity index (χ0v) is 15.1. The van der Waals surface area contributed by atoms with Crippen LogP contribution in [0.1, 0.15) is 47.7 Å². The summed E-state index contributed by atoms with van der Waals surface area (Å²) in [5.41, 5.74) is 4.41. The van der Waals surface area contributed by atoms with Gasteiger partial charge in [-0.15, -0.1) is 0 Å². The lowest BCUT2D eigenvalue weighted by Crippen LogP contribution is -2.36. The van der Waals surface area contributed by atoms with Crippen molar-refractivity contribution < 1.29 is 9.90 Å². The summed E-state index contributed by atoms with van der Waals surface area (Å²) in [7, 11) is 0. The molecule has 1 aliphatic heterocycles. The van der Waals surface area contributed by atoms with Crippen LogP contribution >= 0.6 is 0 Å². The van der Waals surface area contributed by atoms with E-state index in [1.807, 2.05) is 17.0 Å². The summed E-state index contributed by atoms with van der Waals surface area (Å²) in [6, 6.07) is 13.3. The largest absolute Gasteiger partial charge is 0.507 e. The zero-order chi connectivity index (χ0) is 18.3. The number of carbonyl (C=O) groups is 1. The lowest BCUT2D eigenvalue weighted by atomic mass is 9.91. The Morgan fingerprint density at radius 2 is 2.04 bits per heavy atom. The molecule has 132 valence electrons. The number of aromatic nitrogens is 1. The van der Waals surface area contributed by atoms with Crippen LogP contribution in [0.5, 0.6) is 5.75 Å². The fourth-order valence-corrected chi connectivity index (χ4v) is 3.78. The molecule has 0 unspecified atom stereocenters. The van der Waals surface area contributed by atoms with E-state index in [4.69, 9.17) is 0 Å². The van der Waals surface area contributed by atoms with Crippen LogP contribution in [0.3, 0.4) is 0 Å². The number of pyridine rings is 1. The highest BCUT2D eigenvalue weighted by Crippen LogP contribution is 2.37. The molecule has 4 rings (SSSR count). The molecule has 0 spiro atoms. The van der Waals surface area contributed by atoms with E-state index < -0.39 is 0 Å². The Labute approximate surface area is 153 Å². The van der Waals surface area contributed by atoms with E-state index in [9.17, 15) is 9.90 Å². The van der Waals surface area contributed by atoms with E-state index in [0.717, 1.165) is 23.9 Å². The number of benzene rings is 2. The van der Waals surface area contributed by atoms with Crippen LogP contribution in [-0.4, -0.2) is 22.5 Å². The van der Waals surface area contributed by atoms with Crippen molar-refractivity contribution in [2.45, 2.75) is 32.6 Å². The molecule has 4 nitrogen and oxygen atoms in total. The highest BCUT2D eigenvalue weighted by molar-refractivity contribution is 6.10. The molecule has 0 bridgehead atoms. The molecule has 4 heteroatoms. The Kier molecular flexibility index (Phi) is 4.11. The van der Waals surface area contributed by atoms with Gasteiger partial charge in [-0.05, 0) is 48.1 Å². The standard InChI is InChI=1S/C22H22N2O2/c1-14(2)17-9-3-6-15-8-5-11-24(21(15)17)22(26)18-13-19-16(12-20(18)25)7-4-10-23-19/h3-4,6-7,9-10,12-14,25H,5,8,11H2,1-2H3. The van der Waals surface area contributed by atoms with Crippen molar-refractivity contribution in [3.8, 4) is 5.75 Å². The summed E-state index contributed by atoms with van der Waals surface area (Å²) in [6.45, 7) is 4.95. The van der Waals surface area contributed by atoms with Gasteiger partial charge in [0.05, 0.1) is 16.8 Å². The van der Waals surface area contributed by atoms with Gasteiger partial charge in [-0.3, -0.25) is 9.78 Å². The van der Waals surface area contributed by atoms with Crippen molar-refractivity contribution in [3.63, 3.8) is 0 Å². The summed E-state index contributed by atoms with van der Waals surface area (Å²) >= 11 is 0. The van der Waals surface area contributed by atoms with Crippen LogP contribution < -0.4 is 4.90 Å². The van der Waals surface area contributed by atoms with Crippen LogP contribution in [0.25, 0.3) is 10.9 Å². The molecule has 1 N–H and O–H groups in total. The number of carbonyl (C=O) groups excluding carboxylic acids is 1. The van der Waals surface area contributed by atoms with Gasteiger partial charge in [0, 0.05) is 18.1 Å². The van der Waals surface area contributed by atoms with Gasteiger partial charge in [0.2, 0.25) is 0 Å². The minimum atomic E-state index is -0.163. The van der Waals surface area contributed by atoms with Gasteiger partial charge in [0.15, 0.2) is 0 Å². The average molecular weight is 346 g/mol. The monoisotopic (exact) mass is 346 g/mol. The number of amides is 1. The Hall–Kier alpha value is -2.88. The normalized spacial score (nSPS) is 13.9. The fourth-order valence-electron chi connectivity index (χ4n) is 3.78. The van der Waals surface area contributed by atoms with E-state index in [1.54, 1.807) is 18.3 Å². The SMILES string of the molecule is CC(C)c1cccc2c1N(C(=O)c1cc3ncccc3cc1O)CCC2. The number of anilines is 1. The number of hydrogen-bond donors (Lipinski definition) is 1. The number of para-hydroxylation sites is 1. The Bertz CT molecular complexity index is 995. The minimum Gasteiger partial charge on any atom is -0.507 e. The van der Waals surface area contributed by atoms with E-state index in [-0.39, 0.29) is 11.7 Å². The number of phenols is 1. The van der Waals surface area contributed by atoms with Crippen LogP contribution in [-0.2, 0) is 6.42 Å². The molecule has 1 aromatic heterocycles. The van der Waals surface area contributed by atoms with Gasteiger partial charge in [0.25, 0.3) is 5.91 Å². The summed E-state index contributed by atoms with van der Waals surface area (Å²) < 4.78 is 0. The van der Waals surface area contributed by atoms with Gasteiger partial charge < -0.3 is 10.0 Å². The van der Waals surface area contributed by atoms with E-state index in [1.165, 1.54) is 11.1 Å². The van der Waals surface area contributed by atoms with Crippen molar-refractivity contribution in [2.75, 3.05) is 11.4 Å². The molecule has 0 atom stereocenters. The quantitative estimate of drug-likeness (QED) is 0.734. The molecule has 2 aromatic carbocycles. The number of aromatic hydroxyl groups is 1. The lowest BCUT2D eigenvalue weighted by Gasteiger charge is -2.33. The molecule has 26 heavy (non-hydrogen) atoms. The molecular weight excluding hydrogens is 324 g/mol. The van der Waals surface area contributed by atoms with E-state index >= 15 is 0 Å². The molecule has 0 fully saturated rings. The Balaban J connectivity index is 1.83. The van der Waals surface area contributed by atoms with Crippen molar-refractivity contribution in [1.82, 2.24) is 4.98 Å². The molecule has 1 aliphatic rings. The van der Waals surface area contributed by atoms with Crippen LogP contribution in [0.4, 0.5) is 5.69 Å². The Morgan fingerprint density at radius 3 is 2.85 bits per heavy atom. The molecule has 0 aliphatic carbocycles. The number of hydrogen-bond acceptors (Lipinski definition) is 3. The third-order valence-corrected chi connectivity index (χ3v) is 5.07. The minimum absolute atomic E-state index is 0.00431. The van der Waals surface area contributed by atoms with Gasteiger partial charge in [-0.2, -0.15) is 0 Å². The van der Waals surface area contributed by atoms with E-state index in [0.29, 0.717) is 23.5 Å². The first-order chi connectivity index (χ1) is 12.6. The van der Waals surface area contributed by atoms with Gasteiger partial charge in [0.1, 0.15) is 5.75 Å². The molecule has 0 saturated heterocycles. The first-order valence-corrected chi connectivity index (χ1v) is 9.07. The highest BCUT2D eigenvalue weighted by Gasteiger charge is 2.28. The predicted octanol–water partition coefficient (Wildman–Crippen LogP) is 4.66. The summed E-state index contributed by atoms with van der Waals surface area (Å²) in [5, 5.41) is 11.3. The second-order valence-electron chi connectivity index (χ2n) is 7.14. The first kappa shape index (κ1) is 16.6.